The third kappa shape index (κ3) is 5.67. The van der Waals surface area contributed by atoms with Crippen LogP contribution in [0.5, 0.6) is 0 Å². The molecule has 2 rings (SSSR count). The van der Waals surface area contributed by atoms with Crippen molar-refractivity contribution in [3.8, 4) is 11.5 Å². The molecular weight excluding hydrogens is 319 g/mol. The van der Waals surface area contributed by atoms with Crippen molar-refractivity contribution in [1.82, 2.24) is 9.97 Å². The van der Waals surface area contributed by atoms with E-state index in [1.54, 1.807) is 18.3 Å². The first-order valence-electron chi connectivity index (χ1n) is 8.04. The molecule has 4 nitrogen and oxygen atoms in total. The predicted octanol–water partition coefficient (Wildman–Crippen LogP) is 4.41. The van der Waals surface area contributed by atoms with Crippen molar-refractivity contribution in [3.63, 3.8) is 0 Å². The number of anilines is 3. The normalized spacial score (nSPS) is 10.7. The molecule has 0 aliphatic rings. The van der Waals surface area contributed by atoms with Crippen molar-refractivity contribution in [2.24, 2.45) is 0 Å². The Morgan fingerprint density at radius 1 is 1.25 bits per heavy atom. The van der Waals surface area contributed by atoms with Gasteiger partial charge < -0.3 is 10.6 Å². The maximum Gasteiger partial charge on any atom is 0.229 e. The molecular formula is C18H23FN4Si. The highest BCUT2D eigenvalue weighted by molar-refractivity contribution is 6.83. The van der Waals surface area contributed by atoms with Gasteiger partial charge in [0.05, 0.1) is 11.8 Å². The molecule has 0 saturated carbocycles. The fourth-order valence-corrected chi connectivity index (χ4v) is 2.37. The van der Waals surface area contributed by atoms with Crippen LogP contribution in [0.3, 0.4) is 0 Å². The highest BCUT2D eigenvalue weighted by atomic mass is 28.3. The van der Waals surface area contributed by atoms with Gasteiger partial charge in [0, 0.05) is 12.2 Å². The van der Waals surface area contributed by atoms with Crippen LogP contribution >= 0.6 is 0 Å². The van der Waals surface area contributed by atoms with Gasteiger partial charge in [-0.05, 0) is 24.6 Å². The summed E-state index contributed by atoms with van der Waals surface area (Å²) in [6.45, 7) is 9.48. The zero-order chi connectivity index (χ0) is 17.6. The SMILES string of the molecule is CCCNc1nc(Nc2cccc(F)c2)ncc1C#C[Si](C)(C)C. The molecule has 0 amide bonds. The molecule has 6 heteroatoms. The van der Waals surface area contributed by atoms with Gasteiger partial charge in [-0.1, -0.05) is 38.6 Å². The van der Waals surface area contributed by atoms with Gasteiger partial charge in [0.1, 0.15) is 19.7 Å². The zero-order valence-electron chi connectivity index (χ0n) is 14.6. The van der Waals surface area contributed by atoms with Crippen molar-refractivity contribution < 1.29 is 4.39 Å². The number of nitrogens with one attached hydrogen (secondary N) is 2. The highest BCUT2D eigenvalue weighted by Crippen LogP contribution is 2.18. The van der Waals surface area contributed by atoms with Gasteiger partial charge in [-0.2, -0.15) is 4.98 Å². The third-order valence-electron chi connectivity index (χ3n) is 2.98. The van der Waals surface area contributed by atoms with Gasteiger partial charge in [-0.15, -0.1) is 5.54 Å². The van der Waals surface area contributed by atoms with Gasteiger partial charge in [-0.3, -0.25) is 0 Å². The second kappa shape index (κ2) is 7.93. The van der Waals surface area contributed by atoms with Crippen LogP contribution < -0.4 is 10.6 Å². The first-order valence-corrected chi connectivity index (χ1v) is 11.5. The predicted molar refractivity (Wildman–Crippen MR) is 101 cm³/mol. The molecule has 126 valence electrons. The maximum absolute atomic E-state index is 13.3. The standard InChI is InChI=1S/C18H23FN4Si/c1-5-10-20-17-14(9-11-24(2,3)4)13-21-18(23-17)22-16-8-6-7-15(19)12-16/h6-8,12-13H,5,10H2,1-4H3,(H2,20,21,22,23). The van der Waals surface area contributed by atoms with Crippen molar-refractivity contribution in [1.29, 1.82) is 0 Å². The van der Waals surface area contributed by atoms with Crippen molar-refractivity contribution in [2.45, 2.75) is 33.0 Å². The summed E-state index contributed by atoms with van der Waals surface area (Å²) in [7, 11) is -1.48. The Hall–Kier alpha value is -2.39. The van der Waals surface area contributed by atoms with Crippen molar-refractivity contribution in [3.05, 3.63) is 41.8 Å². The van der Waals surface area contributed by atoms with Crippen LogP contribution in [0.4, 0.5) is 21.8 Å². The van der Waals surface area contributed by atoms with Crippen LogP contribution in [0.2, 0.25) is 19.6 Å². The molecule has 0 fully saturated rings. The fourth-order valence-electron chi connectivity index (χ4n) is 1.86. The monoisotopic (exact) mass is 342 g/mol. The molecule has 2 N–H and O–H groups in total. The summed E-state index contributed by atoms with van der Waals surface area (Å²) in [6, 6.07) is 6.21. The largest absolute Gasteiger partial charge is 0.369 e. The summed E-state index contributed by atoms with van der Waals surface area (Å²) in [6.07, 6.45) is 2.69. The van der Waals surface area contributed by atoms with E-state index >= 15 is 0 Å². The molecule has 1 aromatic heterocycles. The fraction of sp³-hybridized carbons (Fsp3) is 0.333. The number of nitrogens with zero attached hydrogens (tertiary/aromatic N) is 2. The van der Waals surface area contributed by atoms with Crippen LogP contribution in [0, 0.1) is 17.3 Å². The van der Waals surface area contributed by atoms with E-state index in [0.717, 1.165) is 18.5 Å². The number of aromatic nitrogens is 2. The molecule has 24 heavy (non-hydrogen) atoms. The topological polar surface area (TPSA) is 49.8 Å². The lowest BCUT2D eigenvalue weighted by Crippen LogP contribution is -2.16. The summed E-state index contributed by atoms with van der Waals surface area (Å²) >= 11 is 0. The smallest absolute Gasteiger partial charge is 0.229 e. The van der Waals surface area contributed by atoms with Crippen LogP contribution in [-0.4, -0.2) is 24.6 Å². The Labute approximate surface area is 143 Å². The Bertz CT molecular complexity index is 760. The van der Waals surface area contributed by atoms with E-state index in [9.17, 15) is 4.39 Å². The summed E-state index contributed by atoms with van der Waals surface area (Å²) < 4.78 is 13.3. The van der Waals surface area contributed by atoms with E-state index in [1.165, 1.54) is 12.1 Å². The summed E-state index contributed by atoms with van der Waals surface area (Å²) in [4.78, 5) is 8.79. The van der Waals surface area contributed by atoms with Gasteiger partial charge in [0.15, 0.2) is 0 Å². The van der Waals surface area contributed by atoms with Crippen molar-refractivity contribution >= 4 is 25.5 Å². The highest BCUT2D eigenvalue weighted by Gasteiger charge is 2.10. The molecule has 1 aromatic carbocycles. The number of rotatable bonds is 5. The Morgan fingerprint density at radius 2 is 2.04 bits per heavy atom. The summed E-state index contributed by atoms with van der Waals surface area (Å²) in [5, 5.41) is 6.30. The lowest BCUT2D eigenvalue weighted by Gasteiger charge is -2.10. The summed E-state index contributed by atoms with van der Waals surface area (Å²) in [5.41, 5.74) is 4.73. The minimum Gasteiger partial charge on any atom is -0.369 e. The van der Waals surface area contributed by atoms with Gasteiger partial charge in [-0.25, -0.2) is 9.37 Å². The number of hydrogen-bond acceptors (Lipinski definition) is 4. The molecule has 0 unspecified atom stereocenters. The van der Waals surface area contributed by atoms with Crippen LogP contribution in [0.1, 0.15) is 18.9 Å². The second-order valence-electron chi connectivity index (χ2n) is 6.52. The maximum atomic E-state index is 13.3. The molecule has 0 bridgehead atoms. The first kappa shape index (κ1) is 18.0. The van der Waals surface area contributed by atoms with E-state index in [-0.39, 0.29) is 5.82 Å². The lowest BCUT2D eigenvalue weighted by atomic mass is 10.3. The van der Waals surface area contributed by atoms with E-state index in [1.807, 2.05) is 0 Å². The molecule has 1 heterocycles. The minimum absolute atomic E-state index is 0.304. The minimum atomic E-state index is -1.48. The molecule has 0 aliphatic heterocycles. The zero-order valence-corrected chi connectivity index (χ0v) is 15.6. The molecule has 0 spiro atoms. The third-order valence-corrected chi connectivity index (χ3v) is 3.86. The van der Waals surface area contributed by atoms with Gasteiger partial charge >= 0.3 is 0 Å². The quantitative estimate of drug-likeness (QED) is 0.624. The second-order valence-corrected chi connectivity index (χ2v) is 11.3. The molecule has 0 atom stereocenters. The number of benzene rings is 1. The average molecular weight is 342 g/mol. The van der Waals surface area contributed by atoms with E-state index in [4.69, 9.17) is 0 Å². The van der Waals surface area contributed by atoms with E-state index in [2.05, 4.69) is 58.6 Å². The average Bonchev–Trinajstić information content (AvgIpc) is 2.51. The first-order chi connectivity index (χ1) is 11.4. The Morgan fingerprint density at radius 3 is 2.71 bits per heavy atom. The van der Waals surface area contributed by atoms with Crippen LogP contribution in [0.15, 0.2) is 30.5 Å². The number of hydrogen-bond donors (Lipinski definition) is 2. The lowest BCUT2D eigenvalue weighted by molar-refractivity contribution is 0.628. The van der Waals surface area contributed by atoms with Gasteiger partial charge in [0.2, 0.25) is 5.95 Å². The van der Waals surface area contributed by atoms with Crippen LogP contribution in [0.25, 0.3) is 0 Å². The Kier molecular flexibility index (Phi) is 5.93. The number of halogens is 1. The molecule has 0 radical (unpaired) electrons. The summed E-state index contributed by atoms with van der Waals surface area (Å²) in [5.74, 6) is 4.01. The van der Waals surface area contributed by atoms with Crippen LogP contribution in [-0.2, 0) is 0 Å². The molecule has 2 aromatic rings. The van der Waals surface area contributed by atoms with E-state index in [0.29, 0.717) is 17.5 Å². The van der Waals surface area contributed by atoms with Crippen molar-refractivity contribution in [2.75, 3.05) is 17.2 Å². The molecule has 0 saturated heterocycles. The van der Waals surface area contributed by atoms with Gasteiger partial charge in [0.25, 0.3) is 0 Å². The van der Waals surface area contributed by atoms with E-state index < -0.39 is 8.07 Å². The molecule has 0 aliphatic carbocycles. The Balaban J connectivity index is 2.29.